The summed E-state index contributed by atoms with van der Waals surface area (Å²) in [7, 11) is 0. The van der Waals surface area contributed by atoms with Crippen molar-refractivity contribution in [3.05, 3.63) is 24.6 Å². The van der Waals surface area contributed by atoms with Crippen molar-refractivity contribution in [3.8, 4) is 0 Å². The average molecular weight is 155 g/mol. The molecule has 0 spiro atoms. The number of nitrogens with zero attached hydrogens (tertiary/aromatic N) is 1. The number of rotatable bonds is 2. The van der Waals surface area contributed by atoms with E-state index in [9.17, 15) is 14.0 Å². The molecule has 0 aliphatic carbocycles. The highest BCUT2D eigenvalue weighted by atomic mass is 19.1. The van der Waals surface area contributed by atoms with Crippen molar-refractivity contribution in [2.45, 2.75) is 0 Å². The molecule has 1 rings (SSSR count). The predicted molar refractivity (Wildman–Crippen MR) is 36.1 cm³/mol. The van der Waals surface area contributed by atoms with Gasteiger partial charge in [0.05, 0.1) is 6.33 Å². The normalized spacial score (nSPS) is 17.4. The molecule has 0 aromatic heterocycles. The number of hydrogen-bond acceptors (Lipinski definition) is 2. The number of carbonyl (C=O) groups is 2. The summed E-state index contributed by atoms with van der Waals surface area (Å²) >= 11 is 0. The molecule has 2 amide bonds. The number of halogens is 1. The van der Waals surface area contributed by atoms with Gasteiger partial charge in [-0.05, 0) is 6.08 Å². The highest BCUT2D eigenvalue weighted by Crippen LogP contribution is 2.02. The third kappa shape index (κ3) is 1.52. The number of hydrogen-bond donors (Lipinski definition) is 0. The summed E-state index contributed by atoms with van der Waals surface area (Å²) in [5.74, 6) is -0.791. The maximum absolute atomic E-state index is 11.5. The fourth-order valence-electron chi connectivity index (χ4n) is 0.756. The third-order valence-corrected chi connectivity index (χ3v) is 1.28. The second-order valence-corrected chi connectivity index (χ2v) is 1.98. The predicted octanol–water partition coefficient (Wildman–Crippen LogP) is 0.395. The average Bonchev–Trinajstić information content (AvgIpc) is 2.29. The van der Waals surface area contributed by atoms with E-state index in [2.05, 4.69) is 0 Å². The zero-order valence-electron chi connectivity index (χ0n) is 5.66. The minimum atomic E-state index is -0.395. The first-order valence-corrected chi connectivity index (χ1v) is 3.04. The molecule has 58 valence electrons. The van der Waals surface area contributed by atoms with Gasteiger partial charge in [-0.15, -0.1) is 0 Å². The van der Waals surface area contributed by atoms with Crippen LogP contribution in [0.25, 0.3) is 0 Å². The van der Waals surface area contributed by atoms with Crippen molar-refractivity contribution in [1.29, 1.82) is 0 Å². The molecule has 1 heterocycles. The molecule has 1 aliphatic heterocycles. The Morgan fingerprint density at radius 1 is 1.36 bits per heavy atom. The van der Waals surface area contributed by atoms with Crippen LogP contribution in [-0.4, -0.2) is 23.3 Å². The van der Waals surface area contributed by atoms with Crippen LogP contribution in [0.1, 0.15) is 0 Å². The first-order chi connectivity index (χ1) is 5.25. The van der Waals surface area contributed by atoms with Crippen LogP contribution in [0.5, 0.6) is 0 Å². The van der Waals surface area contributed by atoms with Gasteiger partial charge in [0.2, 0.25) is 0 Å². The van der Waals surface area contributed by atoms with Crippen LogP contribution >= 0.6 is 0 Å². The monoisotopic (exact) mass is 155 g/mol. The van der Waals surface area contributed by atoms with Crippen LogP contribution in [0.2, 0.25) is 0 Å². The standard InChI is InChI=1S/C7H6FNO2/c8-4-1-5-9-6(10)2-3-7(9)11/h1-4H,5H2. The number of imide groups is 1. The summed E-state index contributed by atoms with van der Waals surface area (Å²) in [4.78, 5) is 22.4. The Labute approximate surface area is 62.8 Å². The lowest BCUT2D eigenvalue weighted by Crippen LogP contribution is -2.29. The van der Waals surface area contributed by atoms with Gasteiger partial charge in [0, 0.05) is 18.7 Å². The Hall–Kier alpha value is -1.45. The van der Waals surface area contributed by atoms with E-state index >= 15 is 0 Å². The van der Waals surface area contributed by atoms with E-state index in [1.807, 2.05) is 0 Å². The SMILES string of the molecule is O=C1C=CC(=O)N1CC=CF. The maximum Gasteiger partial charge on any atom is 0.253 e. The van der Waals surface area contributed by atoms with Gasteiger partial charge in [0.25, 0.3) is 11.8 Å². The van der Waals surface area contributed by atoms with Gasteiger partial charge in [0.15, 0.2) is 0 Å². The minimum absolute atomic E-state index is 0.00116. The molecule has 0 radical (unpaired) electrons. The molecule has 4 heteroatoms. The van der Waals surface area contributed by atoms with E-state index in [4.69, 9.17) is 0 Å². The molecule has 0 saturated carbocycles. The fourth-order valence-corrected chi connectivity index (χ4v) is 0.756. The molecule has 3 nitrogen and oxygen atoms in total. The lowest BCUT2D eigenvalue weighted by atomic mass is 10.5. The second-order valence-electron chi connectivity index (χ2n) is 1.98. The maximum atomic E-state index is 11.5. The Bertz CT molecular complexity index is 227. The molecule has 0 aromatic rings. The molecule has 0 aromatic carbocycles. The van der Waals surface area contributed by atoms with E-state index in [1.165, 1.54) is 0 Å². The van der Waals surface area contributed by atoms with Crippen molar-refractivity contribution in [2.75, 3.05) is 6.54 Å². The van der Waals surface area contributed by atoms with Gasteiger partial charge in [0.1, 0.15) is 0 Å². The zero-order chi connectivity index (χ0) is 8.27. The lowest BCUT2D eigenvalue weighted by molar-refractivity contribution is -0.136. The largest absolute Gasteiger partial charge is 0.271 e. The minimum Gasteiger partial charge on any atom is -0.271 e. The Morgan fingerprint density at radius 3 is 2.36 bits per heavy atom. The molecule has 11 heavy (non-hydrogen) atoms. The molecular formula is C7H6FNO2. The van der Waals surface area contributed by atoms with Crippen molar-refractivity contribution < 1.29 is 14.0 Å². The summed E-state index contributed by atoms with van der Waals surface area (Å²) in [6.07, 6.45) is 3.73. The quantitative estimate of drug-likeness (QED) is 0.541. The molecule has 0 atom stereocenters. The van der Waals surface area contributed by atoms with E-state index in [0.29, 0.717) is 6.33 Å². The second kappa shape index (κ2) is 3.09. The summed E-state index contributed by atoms with van der Waals surface area (Å²) in [5.41, 5.74) is 0. The molecule has 0 saturated heterocycles. The van der Waals surface area contributed by atoms with E-state index in [0.717, 1.165) is 23.1 Å². The Kier molecular flexibility index (Phi) is 2.15. The smallest absolute Gasteiger partial charge is 0.253 e. The first kappa shape index (κ1) is 7.65. The van der Waals surface area contributed by atoms with Crippen molar-refractivity contribution in [2.24, 2.45) is 0 Å². The van der Waals surface area contributed by atoms with Gasteiger partial charge in [-0.1, -0.05) is 0 Å². The van der Waals surface area contributed by atoms with Gasteiger partial charge in [-0.2, -0.15) is 0 Å². The van der Waals surface area contributed by atoms with E-state index in [1.54, 1.807) is 0 Å². The zero-order valence-corrected chi connectivity index (χ0v) is 5.66. The van der Waals surface area contributed by atoms with Gasteiger partial charge in [-0.25, -0.2) is 4.39 Å². The molecule has 0 unspecified atom stereocenters. The molecule has 0 bridgehead atoms. The van der Waals surface area contributed by atoms with Crippen molar-refractivity contribution in [1.82, 2.24) is 4.90 Å². The van der Waals surface area contributed by atoms with E-state index < -0.39 is 11.8 Å². The summed E-state index contributed by atoms with van der Waals surface area (Å²) in [5, 5.41) is 0. The van der Waals surface area contributed by atoms with Crippen molar-refractivity contribution in [3.63, 3.8) is 0 Å². The topological polar surface area (TPSA) is 37.4 Å². The van der Waals surface area contributed by atoms with Crippen LogP contribution in [-0.2, 0) is 9.59 Å². The van der Waals surface area contributed by atoms with Crippen LogP contribution in [0.4, 0.5) is 4.39 Å². The van der Waals surface area contributed by atoms with Gasteiger partial charge < -0.3 is 0 Å². The van der Waals surface area contributed by atoms with E-state index in [-0.39, 0.29) is 6.54 Å². The van der Waals surface area contributed by atoms with Gasteiger partial charge >= 0.3 is 0 Å². The highest BCUT2D eigenvalue weighted by molar-refractivity contribution is 6.12. The summed E-state index contributed by atoms with van der Waals surface area (Å²) < 4.78 is 11.5. The summed E-state index contributed by atoms with van der Waals surface area (Å²) in [6, 6.07) is 0. The Balaban J connectivity index is 2.59. The first-order valence-electron chi connectivity index (χ1n) is 3.04. The van der Waals surface area contributed by atoms with Crippen molar-refractivity contribution >= 4 is 11.8 Å². The molecule has 0 fully saturated rings. The summed E-state index contributed by atoms with van der Waals surface area (Å²) in [6.45, 7) is 0.00116. The molecule has 0 N–H and O–H groups in total. The molecule has 1 aliphatic rings. The molecular weight excluding hydrogens is 149 g/mol. The lowest BCUT2D eigenvalue weighted by Gasteiger charge is -2.08. The fraction of sp³-hybridized carbons (Fsp3) is 0.143. The number of carbonyl (C=O) groups excluding carboxylic acids is 2. The van der Waals surface area contributed by atoms with Gasteiger partial charge in [-0.3, -0.25) is 14.5 Å². The Morgan fingerprint density at radius 2 is 1.91 bits per heavy atom. The third-order valence-electron chi connectivity index (χ3n) is 1.28. The van der Waals surface area contributed by atoms with Crippen LogP contribution < -0.4 is 0 Å². The van der Waals surface area contributed by atoms with Crippen LogP contribution in [0.3, 0.4) is 0 Å². The highest BCUT2D eigenvalue weighted by Gasteiger charge is 2.21. The van der Waals surface area contributed by atoms with Crippen LogP contribution in [0, 0.1) is 0 Å². The number of amides is 2. The van der Waals surface area contributed by atoms with Crippen LogP contribution in [0.15, 0.2) is 24.6 Å².